The molecule has 0 aliphatic rings. The van der Waals surface area contributed by atoms with Gasteiger partial charge in [0.15, 0.2) is 17.5 Å². The lowest BCUT2D eigenvalue weighted by molar-refractivity contribution is 0.669. The van der Waals surface area contributed by atoms with E-state index in [4.69, 9.17) is 23.8 Å². The van der Waals surface area contributed by atoms with E-state index in [1.807, 2.05) is 42.5 Å². The molecule has 0 radical (unpaired) electrons. The molecule has 0 aliphatic carbocycles. The minimum atomic E-state index is 0.546. The Morgan fingerprint density at radius 2 is 0.783 bits per heavy atom. The van der Waals surface area contributed by atoms with E-state index in [0.29, 0.717) is 17.5 Å². The number of hydrogen-bond donors (Lipinski definition) is 0. The van der Waals surface area contributed by atoms with Crippen LogP contribution in [0.1, 0.15) is 0 Å². The Kier molecular flexibility index (Phi) is 8.79. The molecular formula is C63H38N4O2. The van der Waals surface area contributed by atoms with Crippen molar-refractivity contribution in [2.45, 2.75) is 0 Å². The Balaban J connectivity index is 0.832. The molecule has 69 heavy (non-hydrogen) atoms. The van der Waals surface area contributed by atoms with Gasteiger partial charge in [-0.15, -0.1) is 0 Å². The molecule has 0 fully saturated rings. The van der Waals surface area contributed by atoms with Gasteiger partial charge in [0.2, 0.25) is 0 Å². The number of benzene rings is 10. The van der Waals surface area contributed by atoms with Gasteiger partial charge in [-0.25, -0.2) is 15.0 Å². The first-order valence-electron chi connectivity index (χ1n) is 23.2. The van der Waals surface area contributed by atoms with Gasteiger partial charge in [-0.3, -0.25) is 0 Å². The second-order valence-corrected chi connectivity index (χ2v) is 17.6. The van der Waals surface area contributed by atoms with Gasteiger partial charge in [0.25, 0.3) is 0 Å². The molecule has 0 saturated carbocycles. The maximum absolute atomic E-state index is 6.72. The molecule has 0 spiro atoms. The van der Waals surface area contributed by atoms with Crippen molar-refractivity contribution in [3.05, 3.63) is 231 Å². The smallest absolute Gasteiger partial charge is 0.167 e. The van der Waals surface area contributed by atoms with Gasteiger partial charge in [0, 0.05) is 55.2 Å². The second-order valence-electron chi connectivity index (χ2n) is 17.6. The van der Waals surface area contributed by atoms with E-state index in [-0.39, 0.29) is 0 Å². The molecule has 14 aromatic rings. The monoisotopic (exact) mass is 882 g/mol. The topological polar surface area (TPSA) is 69.9 Å². The maximum atomic E-state index is 6.72. The maximum Gasteiger partial charge on any atom is 0.167 e. The number of aromatic nitrogens is 4. The fraction of sp³-hybridized carbons (Fsp3) is 0. The lowest BCUT2D eigenvalue weighted by atomic mass is 10.0. The summed E-state index contributed by atoms with van der Waals surface area (Å²) in [5, 5.41) is 6.59. The average Bonchev–Trinajstić information content (AvgIpc) is 4.10. The van der Waals surface area contributed by atoms with Crippen molar-refractivity contribution >= 4 is 65.7 Å². The molecule has 10 aromatic carbocycles. The highest BCUT2D eigenvalue weighted by molar-refractivity contribution is 6.13. The molecule has 322 valence electrons. The van der Waals surface area contributed by atoms with Gasteiger partial charge in [-0.05, 0) is 94.0 Å². The lowest BCUT2D eigenvalue weighted by Crippen LogP contribution is -2.00. The molecule has 14 rings (SSSR count). The Hall–Kier alpha value is -9.39. The number of para-hydroxylation sites is 2. The number of fused-ring (bicyclic) bond motifs is 9. The largest absolute Gasteiger partial charge is 0.456 e. The zero-order chi connectivity index (χ0) is 45.4. The highest BCUT2D eigenvalue weighted by Gasteiger charge is 2.20. The predicted molar refractivity (Wildman–Crippen MR) is 281 cm³/mol. The molecule has 0 N–H and O–H groups in total. The summed E-state index contributed by atoms with van der Waals surface area (Å²) in [6.07, 6.45) is 0. The first-order valence-corrected chi connectivity index (χ1v) is 23.2. The number of nitrogens with zero attached hydrogens (tertiary/aromatic N) is 4. The molecule has 0 atom stereocenters. The Labute approximate surface area is 396 Å². The zero-order valence-electron chi connectivity index (χ0n) is 37.0. The molecule has 0 saturated heterocycles. The van der Waals surface area contributed by atoms with Crippen molar-refractivity contribution < 1.29 is 8.83 Å². The quantitative estimate of drug-likeness (QED) is 0.159. The third-order valence-electron chi connectivity index (χ3n) is 13.5. The van der Waals surface area contributed by atoms with Crippen LogP contribution in [-0.4, -0.2) is 19.5 Å². The van der Waals surface area contributed by atoms with Crippen LogP contribution >= 0.6 is 0 Å². The van der Waals surface area contributed by atoms with Gasteiger partial charge >= 0.3 is 0 Å². The highest BCUT2D eigenvalue weighted by atomic mass is 16.3. The lowest BCUT2D eigenvalue weighted by Gasteiger charge is -2.09. The summed E-state index contributed by atoms with van der Waals surface area (Å²) in [6.45, 7) is 0. The molecule has 4 aromatic heterocycles. The van der Waals surface area contributed by atoms with Gasteiger partial charge < -0.3 is 13.4 Å². The summed E-state index contributed by atoms with van der Waals surface area (Å²) < 4.78 is 15.8. The van der Waals surface area contributed by atoms with Crippen LogP contribution in [-0.2, 0) is 0 Å². The SMILES string of the molecule is c1ccc(-c2ccc(-c3nc(-c4ccccc4)nc(-c4cccc5c4oc4ccc(-c6ccc7c(c6)oc6cc(-n8c9ccccc9c9cc(-c%10ccccc%10)ccc98)ccc67)cc45)n3)cc2)cc1. The van der Waals surface area contributed by atoms with E-state index < -0.39 is 0 Å². The van der Waals surface area contributed by atoms with Crippen LogP contribution in [0, 0.1) is 0 Å². The van der Waals surface area contributed by atoms with Gasteiger partial charge in [0.05, 0.1) is 16.6 Å². The van der Waals surface area contributed by atoms with Crippen LogP contribution in [0.5, 0.6) is 0 Å². The Morgan fingerprint density at radius 3 is 1.55 bits per heavy atom. The molecule has 0 aliphatic heterocycles. The molecule has 4 heterocycles. The van der Waals surface area contributed by atoms with E-state index in [0.717, 1.165) is 99.5 Å². The van der Waals surface area contributed by atoms with E-state index in [9.17, 15) is 0 Å². The Bertz CT molecular complexity index is 4290. The molecule has 6 heteroatoms. The molecule has 0 bridgehead atoms. The molecule has 6 nitrogen and oxygen atoms in total. The molecule has 0 unspecified atom stereocenters. The minimum absolute atomic E-state index is 0.546. The second kappa shape index (κ2) is 15.6. The fourth-order valence-electron chi connectivity index (χ4n) is 10.1. The molecule has 0 amide bonds. The van der Waals surface area contributed by atoms with Crippen molar-refractivity contribution in [1.82, 2.24) is 19.5 Å². The standard InChI is InChI=1S/C63H38N4O2/c1-4-13-39(14-5-1)41-23-25-43(26-24-41)62-64-61(42-17-8-3-9-18-42)65-63(66-62)52-21-12-20-51-54-36-45(29-34-57(54)69-60(51)52)46-27-31-49-50-32-30-47(38-59(50)68-58(49)37-46)67-55-22-11-10-19-48(55)53-35-44(28-33-56(53)67)40-15-6-2-7-16-40/h1-38H. The zero-order valence-corrected chi connectivity index (χ0v) is 37.0. The van der Waals surface area contributed by atoms with E-state index in [2.05, 4.69) is 193 Å². The van der Waals surface area contributed by atoms with Gasteiger partial charge in [-0.2, -0.15) is 0 Å². The summed E-state index contributed by atoms with van der Waals surface area (Å²) in [7, 11) is 0. The third kappa shape index (κ3) is 6.53. The number of furan rings is 2. The minimum Gasteiger partial charge on any atom is -0.456 e. The van der Waals surface area contributed by atoms with Crippen molar-refractivity contribution in [1.29, 1.82) is 0 Å². The summed E-state index contributed by atoms with van der Waals surface area (Å²) >= 11 is 0. The Morgan fingerprint density at radius 1 is 0.275 bits per heavy atom. The van der Waals surface area contributed by atoms with Crippen LogP contribution in [0.2, 0.25) is 0 Å². The first kappa shape index (κ1) is 38.8. The van der Waals surface area contributed by atoms with Crippen molar-refractivity contribution in [3.63, 3.8) is 0 Å². The highest BCUT2D eigenvalue weighted by Crippen LogP contribution is 2.41. The van der Waals surface area contributed by atoms with Crippen LogP contribution in [0.15, 0.2) is 239 Å². The van der Waals surface area contributed by atoms with E-state index >= 15 is 0 Å². The van der Waals surface area contributed by atoms with Crippen LogP contribution in [0.3, 0.4) is 0 Å². The van der Waals surface area contributed by atoms with Crippen molar-refractivity contribution in [2.24, 2.45) is 0 Å². The number of hydrogen-bond acceptors (Lipinski definition) is 5. The fourth-order valence-corrected chi connectivity index (χ4v) is 10.1. The molecular weight excluding hydrogens is 845 g/mol. The predicted octanol–water partition coefficient (Wildman–Crippen LogP) is 16.8. The van der Waals surface area contributed by atoms with Crippen LogP contribution < -0.4 is 0 Å². The van der Waals surface area contributed by atoms with Gasteiger partial charge in [0.1, 0.15) is 22.3 Å². The summed E-state index contributed by atoms with van der Waals surface area (Å²) in [5.41, 5.74) is 16.0. The third-order valence-corrected chi connectivity index (χ3v) is 13.5. The van der Waals surface area contributed by atoms with Crippen molar-refractivity contribution in [2.75, 3.05) is 0 Å². The van der Waals surface area contributed by atoms with Crippen LogP contribution in [0.4, 0.5) is 0 Å². The van der Waals surface area contributed by atoms with Crippen LogP contribution in [0.25, 0.3) is 139 Å². The van der Waals surface area contributed by atoms with E-state index in [1.165, 1.54) is 21.9 Å². The summed E-state index contributed by atoms with van der Waals surface area (Å²) in [6, 6.07) is 80.4. The summed E-state index contributed by atoms with van der Waals surface area (Å²) in [4.78, 5) is 15.2. The van der Waals surface area contributed by atoms with Gasteiger partial charge in [-0.1, -0.05) is 164 Å². The average molecular weight is 883 g/mol. The first-order chi connectivity index (χ1) is 34.2. The summed E-state index contributed by atoms with van der Waals surface area (Å²) in [5.74, 6) is 1.74. The van der Waals surface area contributed by atoms with E-state index in [1.54, 1.807) is 0 Å². The number of rotatable bonds is 7. The van der Waals surface area contributed by atoms with Crippen molar-refractivity contribution in [3.8, 4) is 73.2 Å². The normalized spacial score (nSPS) is 11.8.